The molecule has 7 N–H and O–H groups in total. The van der Waals surface area contributed by atoms with E-state index in [1.54, 1.807) is 65.6 Å². The van der Waals surface area contributed by atoms with Crippen molar-refractivity contribution in [3.63, 3.8) is 0 Å². The van der Waals surface area contributed by atoms with E-state index in [4.69, 9.17) is 0 Å². The second-order valence-corrected chi connectivity index (χ2v) is 30.2. The molecule has 12 amide bonds. The number of aryl methyl sites for hydroxylation is 1. The molecule has 25 nitrogen and oxygen atoms in total. The summed E-state index contributed by atoms with van der Waals surface area (Å²) < 4.78 is 0. The van der Waals surface area contributed by atoms with Crippen LogP contribution in [0.4, 0.5) is 0 Å². The Morgan fingerprint density at radius 2 is 1.05 bits per heavy atom. The predicted molar refractivity (Wildman–Crippen MR) is 397 cm³/mol. The molecular weight excluding hydrogens is 1320 g/mol. The number of nitrogens with zero attached hydrogens (tertiary/aromatic N) is 6. The van der Waals surface area contributed by atoms with Crippen LogP contribution >= 0.6 is 0 Å². The van der Waals surface area contributed by atoms with Crippen molar-refractivity contribution < 1.29 is 62.6 Å². The lowest BCUT2D eigenvalue weighted by Crippen LogP contribution is -2.61. The largest absolute Gasteiger partial charge is 0.391 e. The highest BCUT2D eigenvalue weighted by molar-refractivity contribution is 5.99. The van der Waals surface area contributed by atoms with Gasteiger partial charge in [-0.1, -0.05) is 147 Å². The Labute approximate surface area is 615 Å². The van der Waals surface area contributed by atoms with Gasteiger partial charge < -0.3 is 66.4 Å². The molecule has 2 fully saturated rings. The van der Waals surface area contributed by atoms with Crippen LogP contribution in [-0.2, 0) is 83.2 Å². The predicted octanol–water partition coefficient (Wildman–Crippen LogP) is 4.88. The Morgan fingerprint density at radius 3 is 1.64 bits per heavy atom. The first-order valence-electron chi connectivity index (χ1n) is 37.6. The fraction of sp³-hybridized carbons (Fsp3) is 0.620. The van der Waals surface area contributed by atoms with E-state index in [1.165, 1.54) is 66.5 Å². The lowest BCUT2D eigenvalue weighted by molar-refractivity contribution is -0.149. The van der Waals surface area contributed by atoms with Crippen molar-refractivity contribution in [3.8, 4) is 0 Å². The highest BCUT2D eigenvalue weighted by Gasteiger charge is 2.44. The molecule has 3 heterocycles. The minimum atomic E-state index is -1.69. The van der Waals surface area contributed by atoms with Gasteiger partial charge in [0, 0.05) is 73.5 Å². The standard InChI is InChI=1S/C79H118N12O13/c1-15-52(8)69-73(98)84-60(42-50(4)5)75(100)86(11)53(9)74(99)87(12)64(47-57-31-21-17-22-32-57)70(95)80-48-67(94)85-68(54(10)92)72(97)83-61(45-56-29-19-16-20-30-56)76(101)88(13)65(43-51(6)7)79(104)91-40-28-36-63(91)71(96)82-62(78(103)90-38-25-18-26-39-90)46-58-35-27-34-55(44-58)33-23-24-37-66(93)81-59(41-49(2)3)77(102)89(69)14/h16-17,19-22,27,29-32,34-35,44,49-54,59-65,68-69,92H,15,18,23-26,28,33,36-43,45-48H2,1-14H3,(H,80,95)(H,81,93)(H,82,96)(H,83,97)(H,84,98)(H,85,94)/t52-,53-,54+,59-,60-,61-,62-,63-,64-,65-,68-,69-/m0/s1. The molecule has 3 aromatic carbocycles. The fourth-order valence-electron chi connectivity index (χ4n) is 14.2. The molecule has 2 bridgehead atoms. The van der Waals surface area contributed by atoms with Gasteiger partial charge in [-0.3, -0.25) is 57.5 Å². The summed E-state index contributed by atoms with van der Waals surface area (Å²) in [5, 5.41) is 28.1. The van der Waals surface area contributed by atoms with E-state index in [0.29, 0.717) is 56.3 Å². The molecule has 0 unspecified atom stereocenters. The third-order valence-electron chi connectivity index (χ3n) is 20.4. The Kier molecular flexibility index (Phi) is 32.8. The van der Waals surface area contributed by atoms with Crippen LogP contribution in [0.2, 0.25) is 0 Å². The first-order valence-corrected chi connectivity index (χ1v) is 37.6. The molecule has 2 saturated heterocycles. The summed E-state index contributed by atoms with van der Waals surface area (Å²) in [6, 6.07) is 13.4. The van der Waals surface area contributed by atoms with E-state index in [-0.39, 0.29) is 87.5 Å². The number of benzene rings is 3. The molecule has 0 aromatic heterocycles. The Hall–Kier alpha value is -8.74. The average molecular weight is 1440 g/mol. The van der Waals surface area contributed by atoms with Gasteiger partial charge in [0.05, 0.1) is 12.6 Å². The van der Waals surface area contributed by atoms with Gasteiger partial charge in [0.1, 0.15) is 60.4 Å². The lowest BCUT2D eigenvalue weighted by Gasteiger charge is -2.37. The topological polar surface area (TPSA) is 317 Å². The van der Waals surface area contributed by atoms with Crippen molar-refractivity contribution in [2.75, 3.05) is 54.4 Å². The normalized spacial score (nSPS) is 25.5. The first-order chi connectivity index (χ1) is 49.3. The summed E-state index contributed by atoms with van der Waals surface area (Å²) >= 11 is 0. The number of rotatable bonds is 14. The number of amides is 12. The maximum absolute atomic E-state index is 15.2. The van der Waals surface area contributed by atoms with Gasteiger partial charge in [0.2, 0.25) is 70.9 Å². The minimum absolute atomic E-state index is 0.0388. The summed E-state index contributed by atoms with van der Waals surface area (Å²) in [7, 11) is 5.81. The zero-order chi connectivity index (χ0) is 76.6. The van der Waals surface area contributed by atoms with E-state index in [9.17, 15) is 53.1 Å². The summed E-state index contributed by atoms with van der Waals surface area (Å²) in [4.78, 5) is 184. The van der Waals surface area contributed by atoms with Crippen LogP contribution in [0.25, 0.3) is 0 Å². The van der Waals surface area contributed by atoms with Crippen LogP contribution in [0.3, 0.4) is 0 Å². The molecule has 572 valence electrons. The number of likely N-dealkylation sites (tertiary alicyclic amines) is 1. The monoisotopic (exact) mass is 1440 g/mol. The lowest BCUT2D eigenvalue weighted by atomic mass is 9.94. The molecule has 3 aliphatic rings. The fourth-order valence-corrected chi connectivity index (χ4v) is 14.2. The van der Waals surface area contributed by atoms with Crippen molar-refractivity contribution in [1.29, 1.82) is 0 Å². The maximum Gasteiger partial charge on any atom is 0.246 e. The van der Waals surface area contributed by atoms with Crippen LogP contribution in [-0.4, -0.2) is 226 Å². The zero-order valence-corrected chi connectivity index (χ0v) is 63.9. The smallest absolute Gasteiger partial charge is 0.246 e. The number of aliphatic hydroxyl groups is 1. The maximum atomic E-state index is 15.2. The third-order valence-corrected chi connectivity index (χ3v) is 20.4. The highest BCUT2D eigenvalue weighted by Crippen LogP contribution is 2.26. The third kappa shape index (κ3) is 24.2. The number of piperidine rings is 1. The Balaban J connectivity index is 1.37. The molecule has 0 saturated carbocycles. The molecule has 0 radical (unpaired) electrons. The van der Waals surface area contributed by atoms with E-state index < -0.39 is 138 Å². The molecular formula is C79H118N12O13. The van der Waals surface area contributed by atoms with Crippen LogP contribution in [0.5, 0.6) is 0 Å². The molecule has 12 atom stereocenters. The Morgan fingerprint density at radius 1 is 0.500 bits per heavy atom. The van der Waals surface area contributed by atoms with E-state index in [0.717, 1.165) is 30.4 Å². The summed E-state index contributed by atoms with van der Waals surface area (Å²) in [5.41, 5.74) is 3.02. The number of likely N-dealkylation sites (N-methyl/N-ethyl adjacent to an activating group) is 4. The molecule has 0 spiro atoms. The van der Waals surface area contributed by atoms with Gasteiger partial charge in [-0.2, -0.15) is 0 Å². The number of hydrogen-bond acceptors (Lipinski definition) is 13. The SMILES string of the molecule is CC[C@H](C)[C@H]1C(=O)N[C@@H](CC(C)C)C(=O)N(C)[C@@H](C)C(=O)N(C)[C@@H](Cc2ccccc2)C(=O)NCC(=O)N[C@@H]([C@@H](C)O)C(=O)N[C@@H](Cc2ccccc2)C(=O)N(C)[C@@H](CC(C)C)C(=O)N2CCC[C@H]2C(=O)N[C@H](C(=O)N2CCCCC2)Cc2cccc(c2)CCCCC(=O)N[C@@H](CC(C)C)C(=O)N1C. The van der Waals surface area contributed by atoms with Crippen molar-refractivity contribution >= 4 is 70.9 Å². The quantitative estimate of drug-likeness (QED) is 0.113. The number of fused-ring (bicyclic) bond motifs is 3. The molecule has 104 heavy (non-hydrogen) atoms. The van der Waals surface area contributed by atoms with Gasteiger partial charge in [0.25, 0.3) is 0 Å². The van der Waals surface area contributed by atoms with Gasteiger partial charge in [0.15, 0.2) is 0 Å². The van der Waals surface area contributed by atoms with Crippen molar-refractivity contribution in [1.82, 2.24) is 61.3 Å². The van der Waals surface area contributed by atoms with Crippen LogP contribution in [0.15, 0.2) is 84.9 Å². The number of aliphatic hydroxyl groups excluding tert-OH is 1. The summed E-state index contributed by atoms with van der Waals surface area (Å²) in [5.74, 6) is -8.03. The van der Waals surface area contributed by atoms with E-state index in [1.807, 2.05) is 79.7 Å². The van der Waals surface area contributed by atoms with E-state index in [2.05, 4.69) is 31.9 Å². The minimum Gasteiger partial charge on any atom is -0.391 e. The zero-order valence-electron chi connectivity index (χ0n) is 63.9. The van der Waals surface area contributed by atoms with Crippen molar-refractivity contribution in [2.45, 2.75) is 238 Å². The Bertz CT molecular complexity index is 3400. The molecule has 0 aliphatic carbocycles. The molecule has 3 aliphatic heterocycles. The highest BCUT2D eigenvalue weighted by atomic mass is 16.3. The molecule has 3 aromatic rings. The summed E-state index contributed by atoms with van der Waals surface area (Å²) in [6.45, 7) is 18.4. The first kappa shape index (κ1) is 84.2. The molecule has 25 heteroatoms. The van der Waals surface area contributed by atoms with Gasteiger partial charge in [-0.15, -0.1) is 0 Å². The molecule has 6 rings (SSSR count). The number of hydrogen-bond donors (Lipinski definition) is 7. The van der Waals surface area contributed by atoms with Crippen LogP contribution in [0, 0.1) is 23.7 Å². The number of nitrogens with one attached hydrogen (secondary N) is 6. The summed E-state index contributed by atoms with van der Waals surface area (Å²) in [6.07, 6.45) is 4.61. The van der Waals surface area contributed by atoms with Crippen molar-refractivity contribution in [2.24, 2.45) is 23.7 Å². The van der Waals surface area contributed by atoms with E-state index >= 15 is 9.59 Å². The van der Waals surface area contributed by atoms with Crippen molar-refractivity contribution in [3.05, 3.63) is 107 Å². The van der Waals surface area contributed by atoms with Crippen LogP contribution in [0.1, 0.15) is 169 Å². The average Bonchev–Trinajstić information content (AvgIpc) is 1.14. The van der Waals surface area contributed by atoms with Gasteiger partial charge in [-0.05, 0) is 130 Å². The second-order valence-electron chi connectivity index (χ2n) is 30.2. The number of carbonyl (C=O) groups excluding carboxylic acids is 12. The van der Waals surface area contributed by atoms with Crippen LogP contribution < -0.4 is 31.9 Å². The van der Waals surface area contributed by atoms with Gasteiger partial charge in [-0.25, -0.2) is 0 Å². The van der Waals surface area contributed by atoms with Gasteiger partial charge >= 0.3 is 0 Å². The number of carbonyl (C=O) groups is 12. The second kappa shape index (κ2) is 40.5.